The van der Waals surface area contributed by atoms with Crippen molar-refractivity contribution in [2.45, 2.75) is 13.8 Å². The minimum absolute atomic E-state index is 0.201. The Kier molecular flexibility index (Phi) is 7.51. The number of nitriles is 1. The van der Waals surface area contributed by atoms with Crippen LogP contribution in [0.4, 0.5) is 21.5 Å². The van der Waals surface area contributed by atoms with Crippen molar-refractivity contribution in [3.05, 3.63) is 83.5 Å². The number of pyridine rings is 2. The highest BCUT2D eigenvalue weighted by Crippen LogP contribution is 2.38. The van der Waals surface area contributed by atoms with Crippen LogP contribution in [0.25, 0.3) is 10.9 Å². The topological polar surface area (TPSA) is 109 Å². The fraction of sp³-hybridized carbons (Fsp3) is 0.111. The van der Waals surface area contributed by atoms with E-state index >= 15 is 0 Å². The molecule has 2 aromatic heterocycles. The van der Waals surface area contributed by atoms with Crippen LogP contribution in [0.1, 0.15) is 18.2 Å². The lowest BCUT2D eigenvalue weighted by molar-refractivity contribution is -0.114. The summed E-state index contributed by atoms with van der Waals surface area (Å²) in [7, 11) is 0. The molecular formula is C27H21ClFN5O3. The highest BCUT2D eigenvalue weighted by atomic mass is 35.5. The van der Waals surface area contributed by atoms with Gasteiger partial charge < -0.3 is 20.1 Å². The van der Waals surface area contributed by atoms with E-state index < -0.39 is 11.7 Å². The Labute approximate surface area is 217 Å². The Morgan fingerprint density at radius 1 is 1.16 bits per heavy atom. The predicted molar refractivity (Wildman–Crippen MR) is 140 cm³/mol. The molecule has 186 valence electrons. The smallest absolute Gasteiger partial charge is 0.283 e. The summed E-state index contributed by atoms with van der Waals surface area (Å²) < 4.78 is 24.8. The molecule has 4 aromatic rings. The van der Waals surface area contributed by atoms with Crippen LogP contribution in [-0.2, 0) is 4.79 Å². The van der Waals surface area contributed by atoms with Crippen molar-refractivity contribution < 1.29 is 18.7 Å². The number of carbonyl (C=O) groups excluding carboxylic acids is 1. The summed E-state index contributed by atoms with van der Waals surface area (Å²) in [5.74, 6) is -0.900. The fourth-order valence-corrected chi connectivity index (χ4v) is 3.67. The first-order valence-electron chi connectivity index (χ1n) is 11.1. The second-order valence-electron chi connectivity index (χ2n) is 7.82. The van der Waals surface area contributed by atoms with E-state index in [9.17, 15) is 14.4 Å². The average Bonchev–Trinajstić information content (AvgIpc) is 2.87. The number of fused-ring (bicyclic) bond motifs is 1. The third-order valence-electron chi connectivity index (χ3n) is 5.20. The summed E-state index contributed by atoms with van der Waals surface area (Å²) in [5, 5.41) is 16.2. The van der Waals surface area contributed by atoms with Gasteiger partial charge in [-0.2, -0.15) is 5.26 Å². The number of hydrogen-bond acceptors (Lipinski definition) is 7. The van der Waals surface area contributed by atoms with E-state index in [1.807, 2.05) is 13.0 Å². The number of nitrogens with one attached hydrogen (secondary N) is 2. The predicted octanol–water partition coefficient (Wildman–Crippen LogP) is 6.82. The maximum atomic E-state index is 13.4. The lowest BCUT2D eigenvalue weighted by Gasteiger charge is -2.16. The molecule has 2 heterocycles. The number of carbonyl (C=O) groups is 1. The van der Waals surface area contributed by atoms with Gasteiger partial charge in [-0.05, 0) is 50.2 Å². The largest absolute Gasteiger partial charge is 0.492 e. The minimum atomic E-state index is -1.15. The summed E-state index contributed by atoms with van der Waals surface area (Å²) in [4.78, 5) is 20.5. The van der Waals surface area contributed by atoms with Crippen molar-refractivity contribution in [3.8, 4) is 23.3 Å². The van der Waals surface area contributed by atoms with Crippen LogP contribution in [0, 0.1) is 18.3 Å². The Morgan fingerprint density at radius 2 is 1.97 bits per heavy atom. The lowest BCUT2D eigenvalue weighted by Crippen LogP contribution is -2.12. The summed E-state index contributed by atoms with van der Waals surface area (Å²) in [5.41, 5.74) is 2.77. The molecule has 0 spiro atoms. The van der Waals surface area contributed by atoms with Crippen LogP contribution in [0.15, 0.2) is 67.3 Å². The van der Waals surface area contributed by atoms with Gasteiger partial charge in [0.2, 0.25) is 0 Å². The zero-order valence-corrected chi connectivity index (χ0v) is 20.7. The maximum Gasteiger partial charge on any atom is 0.283 e. The van der Waals surface area contributed by atoms with Crippen LogP contribution in [0.3, 0.4) is 0 Å². The molecule has 0 aliphatic rings. The highest BCUT2D eigenvalue weighted by molar-refractivity contribution is 6.32. The number of amides is 1. The highest BCUT2D eigenvalue weighted by Gasteiger charge is 2.17. The minimum Gasteiger partial charge on any atom is -0.492 e. The van der Waals surface area contributed by atoms with Gasteiger partial charge in [0.15, 0.2) is 5.83 Å². The zero-order valence-electron chi connectivity index (χ0n) is 19.9. The Morgan fingerprint density at radius 3 is 2.62 bits per heavy atom. The van der Waals surface area contributed by atoms with Crippen molar-refractivity contribution >= 4 is 45.5 Å². The molecule has 2 N–H and O–H groups in total. The maximum absolute atomic E-state index is 13.4. The van der Waals surface area contributed by atoms with Crippen LogP contribution < -0.4 is 20.1 Å². The van der Waals surface area contributed by atoms with Gasteiger partial charge in [0, 0.05) is 29.0 Å². The molecule has 37 heavy (non-hydrogen) atoms. The molecule has 0 fully saturated rings. The number of rotatable bonds is 8. The third-order valence-corrected chi connectivity index (χ3v) is 5.49. The third kappa shape index (κ3) is 5.77. The van der Waals surface area contributed by atoms with E-state index in [0.29, 0.717) is 51.2 Å². The number of ether oxygens (including phenoxy) is 2. The van der Waals surface area contributed by atoms with Gasteiger partial charge in [0.1, 0.15) is 23.3 Å². The quantitative estimate of drug-likeness (QED) is 0.247. The second-order valence-corrected chi connectivity index (χ2v) is 8.23. The van der Waals surface area contributed by atoms with Crippen LogP contribution in [-0.4, -0.2) is 22.5 Å². The SMILES string of the molecule is C=C(F)C(=O)Nc1cc2c(Nc3ccc(Oc4ccc(C)nc4)c(Cl)c3)c(C#N)cnc2cc1OCC. The zero-order chi connectivity index (χ0) is 26.5. The molecule has 0 saturated heterocycles. The number of aryl methyl sites for hydroxylation is 1. The fourth-order valence-electron chi connectivity index (χ4n) is 3.45. The molecule has 10 heteroatoms. The van der Waals surface area contributed by atoms with Crippen molar-refractivity contribution in [1.29, 1.82) is 5.26 Å². The number of hydrogen-bond donors (Lipinski definition) is 2. The first-order chi connectivity index (χ1) is 17.8. The Hall–Kier alpha value is -4.68. The number of benzene rings is 2. The van der Waals surface area contributed by atoms with Crippen molar-refractivity contribution in [2.75, 3.05) is 17.2 Å². The van der Waals surface area contributed by atoms with Gasteiger partial charge in [-0.3, -0.25) is 14.8 Å². The number of anilines is 3. The summed E-state index contributed by atoms with van der Waals surface area (Å²) in [6.45, 7) is 6.98. The van der Waals surface area contributed by atoms with E-state index in [-0.39, 0.29) is 11.3 Å². The van der Waals surface area contributed by atoms with E-state index in [1.165, 1.54) is 6.20 Å². The molecule has 1 amide bonds. The van der Waals surface area contributed by atoms with Crippen LogP contribution in [0.5, 0.6) is 17.2 Å². The van der Waals surface area contributed by atoms with Gasteiger partial charge >= 0.3 is 0 Å². The monoisotopic (exact) mass is 517 g/mol. The first-order valence-corrected chi connectivity index (χ1v) is 11.5. The van der Waals surface area contributed by atoms with Gasteiger partial charge in [0.25, 0.3) is 5.91 Å². The molecule has 0 aliphatic carbocycles. The Bertz CT molecular complexity index is 1550. The van der Waals surface area contributed by atoms with Gasteiger partial charge in [0.05, 0.1) is 40.3 Å². The number of aromatic nitrogens is 2. The van der Waals surface area contributed by atoms with Crippen LogP contribution in [0.2, 0.25) is 5.02 Å². The van der Waals surface area contributed by atoms with Crippen molar-refractivity contribution in [3.63, 3.8) is 0 Å². The van der Waals surface area contributed by atoms with E-state index in [4.69, 9.17) is 21.1 Å². The molecule has 0 radical (unpaired) electrons. The van der Waals surface area contributed by atoms with Gasteiger partial charge in [-0.1, -0.05) is 18.2 Å². The average molecular weight is 518 g/mol. The molecule has 0 unspecified atom stereocenters. The molecule has 8 nitrogen and oxygen atoms in total. The second kappa shape index (κ2) is 10.9. The van der Waals surface area contributed by atoms with Crippen LogP contribution >= 0.6 is 11.6 Å². The molecule has 0 aliphatic heterocycles. The number of nitrogens with zero attached hydrogens (tertiary/aromatic N) is 3. The standard InChI is InChI=1S/C27H21ClFN5O3/c1-4-36-25-11-22-20(10-23(25)34-27(35)16(3)29)26(17(12-30)13-32-22)33-18-6-8-24(21(28)9-18)37-19-7-5-15(2)31-14-19/h5-11,13-14H,3-4H2,1-2H3,(H,32,33)(H,34,35). The molecular weight excluding hydrogens is 497 g/mol. The van der Waals surface area contributed by atoms with Crippen molar-refractivity contribution in [1.82, 2.24) is 9.97 Å². The van der Waals surface area contributed by atoms with Gasteiger partial charge in [-0.15, -0.1) is 0 Å². The summed E-state index contributed by atoms with van der Waals surface area (Å²) in [6.07, 6.45) is 3.02. The normalized spacial score (nSPS) is 10.5. The Balaban J connectivity index is 1.72. The van der Waals surface area contributed by atoms with E-state index in [2.05, 4.69) is 33.2 Å². The molecule has 0 saturated carbocycles. The van der Waals surface area contributed by atoms with E-state index in [1.54, 1.807) is 49.5 Å². The number of halogens is 2. The first kappa shape index (κ1) is 25.4. The van der Waals surface area contributed by atoms with Crippen molar-refractivity contribution in [2.24, 2.45) is 0 Å². The van der Waals surface area contributed by atoms with E-state index in [0.717, 1.165) is 5.69 Å². The summed E-state index contributed by atoms with van der Waals surface area (Å²) >= 11 is 6.47. The van der Waals surface area contributed by atoms with Gasteiger partial charge in [-0.25, -0.2) is 4.39 Å². The summed E-state index contributed by atoms with van der Waals surface area (Å²) in [6, 6.07) is 14.0. The lowest BCUT2D eigenvalue weighted by atomic mass is 10.1. The molecule has 4 rings (SSSR count). The molecule has 0 atom stereocenters. The molecule has 0 bridgehead atoms. The molecule has 2 aromatic carbocycles.